The van der Waals surface area contributed by atoms with Crippen LogP contribution in [0, 0.1) is 0 Å². The first-order valence-electron chi connectivity index (χ1n) is 10.4. The lowest BCUT2D eigenvalue weighted by Crippen LogP contribution is -2.57. The van der Waals surface area contributed by atoms with Crippen LogP contribution in [-0.2, 0) is 11.3 Å². The number of phenols is 1. The zero-order chi connectivity index (χ0) is 19.9. The second-order valence-electron chi connectivity index (χ2n) is 7.57. The summed E-state index contributed by atoms with van der Waals surface area (Å²) in [6.07, 6.45) is 2.27. The molecule has 7 heteroatoms. The number of guanidine groups is 1. The van der Waals surface area contributed by atoms with Crippen LogP contribution in [-0.4, -0.2) is 83.5 Å². The third-order valence-electron chi connectivity index (χ3n) is 5.62. The molecule has 28 heavy (non-hydrogen) atoms. The van der Waals surface area contributed by atoms with Crippen molar-refractivity contribution in [2.75, 3.05) is 45.8 Å². The Kier molecular flexibility index (Phi) is 7.14. The minimum Gasteiger partial charge on any atom is -0.508 e. The van der Waals surface area contributed by atoms with Crippen LogP contribution in [0.4, 0.5) is 0 Å². The van der Waals surface area contributed by atoms with Crippen molar-refractivity contribution >= 4 is 11.9 Å². The molecule has 1 amide bonds. The Bertz CT molecular complexity index is 662. The minimum absolute atomic E-state index is 0.0447. The number of hydrogen-bond acceptors (Lipinski definition) is 4. The SMILES string of the molecule is CCNC(=NCc1ccc(O)cc1)N1CCN(C(C)C(=O)N2CCCC2)CC1. The predicted molar refractivity (Wildman–Crippen MR) is 111 cm³/mol. The summed E-state index contributed by atoms with van der Waals surface area (Å²) in [5.41, 5.74) is 1.07. The summed E-state index contributed by atoms with van der Waals surface area (Å²) in [6, 6.07) is 7.12. The van der Waals surface area contributed by atoms with Crippen LogP contribution in [0.5, 0.6) is 5.75 Å². The number of rotatable bonds is 5. The quantitative estimate of drug-likeness (QED) is 0.592. The van der Waals surface area contributed by atoms with Crippen molar-refractivity contribution in [3.8, 4) is 5.75 Å². The maximum Gasteiger partial charge on any atom is 0.239 e. The number of carbonyl (C=O) groups is 1. The van der Waals surface area contributed by atoms with Crippen LogP contribution >= 0.6 is 0 Å². The Hall–Kier alpha value is -2.28. The number of aromatic hydroxyl groups is 1. The highest BCUT2D eigenvalue weighted by Gasteiger charge is 2.30. The Morgan fingerprint density at radius 2 is 1.71 bits per heavy atom. The molecule has 0 bridgehead atoms. The molecule has 2 N–H and O–H groups in total. The molecule has 154 valence electrons. The average molecular weight is 388 g/mol. The van der Waals surface area contributed by atoms with E-state index in [4.69, 9.17) is 4.99 Å². The van der Waals surface area contributed by atoms with Gasteiger partial charge in [0.2, 0.25) is 5.91 Å². The van der Waals surface area contributed by atoms with Crippen molar-refractivity contribution < 1.29 is 9.90 Å². The molecule has 0 spiro atoms. The van der Waals surface area contributed by atoms with Crippen molar-refractivity contribution in [1.29, 1.82) is 0 Å². The standard InChI is InChI=1S/C21H33N5O2/c1-3-22-21(23-16-18-6-8-19(27)9-7-18)26-14-12-24(13-15-26)17(2)20(28)25-10-4-5-11-25/h6-9,17,27H,3-5,10-16H2,1-2H3,(H,22,23). The van der Waals surface area contributed by atoms with Gasteiger partial charge in [0.05, 0.1) is 12.6 Å². The van der Waals surface area contributed by atoms with Crippen LogP contribution in [0.3, 0.4) is 0 Å². The summed E-state index contributed by atoms with van der Waals surface area (Å²) in [7, 11) is 0. The number of benzene rings is 1. The van der Waals surface area contributed by atoms with E-state index < -0.39 is 0 Å². The number of piperazine rings is 1. The summed E-state index contributed by atoms with van der Waals surface area (Å²) in [6.45, 7) is 10.8. The Balaban J connectivity index is 1.55. The Labute approximate surface area is 168 Å². The fourth-order valence-corrected chi connectivity index (χ4v) is 3.87. The van der Waals surface area contributed by atoms with Gasteiger partial charge in [-0.15, -0.1) is 0 Å². The average Bonchev–Trinajstić information content (AvgIpc) is 3.26. The third kappa shape index (κ3) is 5.16. The molecule has 0 radical (unpaired) electrons. The van der Waals surface area contributed by atoms with Crippen molar-refractivity contribution in [2.24, 2.45) is 4.99 Å². The molecule has 0 aromatic heterocycles. The molecule has 2 aliphatic rings. The molecule has 2 aliphatic heterocycles. The Morgan fingerprint density at radius 3 is 2.32 bits per heavy atom. The lowest BCUT2D eigenvalue weighted by molar-refractivity contribution is -0.135. The van der Waals surface area contributed by atoms with Gasteiger partial charge in [-0.3, -0.25) is 9.69 Å². The third-order valence-corrected chi connectivity index (χ3v) is 5.62. The van der Waals surface area contributed by atoms with Gasteiger partial charge in [-0.1, -0.05) is 12.1 Å². The van der Waals surface area contributed by atoms with E-state index in [9.17, 15) is 9.90 Å². The van der Waals surface area contributed by atoms with Crippen LogP contribution in [0.1, 0.15) is 32.3 Å². The zero-order valence-corrected chi connectivity index (χ0v) is 17.1. The topological polar surface area (TPSA) is 71.4 Å². The first-order chi connectivity index (χ1) is 13.6. The Morgan fingerprint density at radius 1 is 1.07 bits per heavy atom. The first-order valence-corrected chi connectivity index (χ1v) is 10.4. The van der Waals surface area contributed by atoms with Crippen molar-refractivity contribution in [2.45, 2.75) is 39.3 Å². The molecule has 2 heterocycles. The van der Waals surface area contributed by atoms with Gasteiger partial charge in [-0.25, -0.2) is 4.99 Å². The van der Waals surface area contributed by atoms with Crippen LogP contribution in [0.25, 0.3) is 0 Å². The van der Waals surface area contributed by atoms with Gasteiger partial charge in [0, 0.05) is 45.8 Å². The van der Waals surface area contributed by atoms with Crippen LogP contribution in [0.15, 0.2) is 29.3 Å². The van der Waals surface area contributed by atoms with E-state index in [0.29, 0.717) is 6.54 Å². The second kappa shape index (κ2) is 9.78. The number of amides is 1. The van der Waals surface area contributed by atoms with E-state index in [2.05, 4.69) is 22.0 Å². The van der Waals surface area contributed by atoms with Crippen molar-refractivity contribution in [3.05, 3.63) is 29.8 Å². The monoisotopic (exact) mass is 387 g/mol. The maximum atomic E-state index is 12.7. The molecule has 1 aromatic carbocycles. The minimum atomic E-state index is -0.0447. The smallest absolute Gasteiger partial charge is 0.239 e. The van der Waals surface area contributed by atoms with E-state index in [1.807, 2.05) is 24.0 Å². The lowest BCUT2D eigenvalue weighted by Gasteiger charge is -2.39. The van der Waals surface area contributed by atoms with Crippen molar-refractivity contribution in [3.63, 3.8) is 0 Å². The van der Waals surface area contributed by atoms with Crippen LogP contribution in [0.2, 0.25) is 0 Å². The molecule has 1 atom stereocenters. The fraction of sp³-hybridized carbons (Fsp3) is 0.619. The number of hydrogen-bond donors (Lipinski definition) is 2. The van der Waals surface area contributed by atoms with E-state index in [-0.39, 0.29) is 17.7 Å². The predicted octanol–water partition coefficient (Wildman–Crippen LogP) is 1.49. The summed E-state index contributed by atoms with van der Waals surface area (Å²) in [5, 5.41) is 12.8. The number of phenolic OH excluding ortho intramolecular Hbond substituents is 1. The van der Waals surface area contributed by atoms with Crippen molar-refractivity contribution in [1.82, 2.24) is 20.0 Å². The van der Waals surface area contributed by atoms with Gasteiger partial charge in [-0.2, -0.15) is 0 Å². The molecule has 2 fully saturated rings. The van der Waals surface area contributed by atoms with Crippen LogP contribution < -0.4 is 5.32 Å². The second-order valence-corrected chi connectivity index (χ2v) is 7.57. The maximum absolute atomic E-state index is 12.7. The molecular formula is C21H33N5O2. The van der Waals surface area contributed by atoms with Gasteiger partial charge in [0.15, 0.2) is 5.96 Å². The number of aliphatic imine (C=N–C) groups is 1. The zero-order valence-electron chi connectivity index (χ0n) is 17.1. The fourth-order valence-electron chi connectivity index (χ4n) is 3.87. The highest BCUT2D eigenvalue weighted by molar-refractivity contribution is 5.82. The first kappa shape index (κ1) is 20.5. The summed E-state index contributed by atoms with van der Waals surface area (Å²) in [4.78, 5) is 24.0. The molecule has 0 aliphatic carbocycles. The molecular weight excluding hydrogens is 354 g/mol. The van der Waals surface area contributed by atoms with Gasteiger partial charge in [-0.05, 0) is 44.4 Å². The van der Waals surface area contributed by atoms with Gasteiger partial charge in [0.25, 0.3) is 0 Å². The van der Waals surface area contributed by atoms with E-state index in [0.717, 1.165) is 70.2 Å². The summed E-state index contributed by atoms with van der Waals surface area (Å²) in [5.74, 6) is 1.46. The van der Waals surface area contributed by atoms with E-state index in [1.165, 1.54) is 0 Å². The van der Waals surface area contributed by atoms with E-state index >= 15 is 0 Å². The number of nitrogens with one attached hydrogen (secondary N) is 1. The van der Waals surface area contributed by atoms with E-state index in [1.54, 1.807) is 12.1 Å². The molecule has 1 aromatic rings. The molecule has 2 saturated heterocycles. The number of nitrogens with zero attached hydrogens (tertiary/aromatic N) is 4. The molecule has 0 saturated carbocycles. The van der Waals surface area contributed by atoms with Gasteiger partial charge < -0.3 is 20.2 Å². The molecule has 7 nitrogen and oxygen atoms in total. The van der Waals surface area contributed by atoms with Gasteiger partial charge in [0.1, 0.15) is 5.75 Å². The van der Waals surface area contributed by atoms with Gasteiger partial charge >= 0.3 is 0 Å². The molecule has 1 unspecified atom stereocenters. The normalized spacial score (nSPS) is 19.7. The highest BCUT2D eigenvalue weighted by atomic mass is 16.3. The summed E-state index contributed by atoms with van der Waals surface area (Å²) < 4.78 is 0. The largest absolute Gasteiger partial charge is 0.508 e. The number of likely N-dealkylation sites (tertiary alicyclic amines) is 1. The summed E-state index contributed by atoms with van der Waals surface area (Å²) >= 11 is 0. The number of carbonyl (C=O) groups excluding carboxylic acids is 1. The highest BCUT2D eigenvalue weighted by Crippen LogP contribution is 2.15. The lowest BCUT2D eigenvalue weighted by atomic mass is 10.2. The molecule has 3 rings (SSSR count).